The van der Waals surface area contributed by atoms with Crippen molar-refractivity contribution in [3.8, 4) is 11.8 Å². The molecule has 196 valence electrons. The van der Waals surface area contributed by atoms with Crippen LogP contribution < -0.4 is 4.90 Å². The van der Waals surface area contributed by atoms with Gasteiger partial charge in [-0.05, 0) is 71.3 Å². The van der Waals surface area contributed by atoms with Crippen LogP contribution in [-0.2, 0) is 14.3 Å². The zero-order chi connectivity index (χ0) is 26.2. The highest BCUT2D eigenvalue weighted by Crippen LogP contribution is 2.38. The minimum absolute atomic E-state index is 0.0265. The summed E-state index contributed by atoms with van der Waals surface area (Å²) in [7, 11) is 0. The number of aromatic carboxylic acids is 1. The molecule has 2 saturated heterocycles. The Hall–Kier alpha value is -2.37. The standard InChI is InChI=1S/C28H38N2O5S/c1-6-22(26(32)29-15-20-13-19(29)16-35-20)30(25(31)18-9-7-17(2)8-10-18)23-14-21(11-12-28(3,4)5)36-24(23)27(33)34/h14,17-20,22H,6-10,13,15-16H2,1-5H3,(H,33,34)/t17?,18?,19-,20-,22-/m0/s1. The number of morpholine rings is 1. The number of hydrogen-bond donors (Lipinski definition) is 1. The van der Waals surface area contributed by atoms with Gasteiger partial charge in [-0.25, -0.2) is 4.79 Å². The van der Waals surface area contributed by atoms with E-state index in [0.717, 1.165) is 43.4 Å². The van der Waals surface area contributed by atoms with Gasteiger partial charge in [0.25, 0.3) is 0 Å². The molecule has 0 unspecified atom stereocenters. The molecule has 2 bridgehead atoms. The lowest BCUT2D eigenvalue weighted by Crippen LogP contribution is -2.55. The van der Waals surface area contributed by atoms with Gasteiger partial charge in [-0.3, -0.25) is 14.5 Å². The zero-order valence-electron chi connectivity index (χ0n) is 22.0. The topological polar surface area (TPSA) is 87.2 Å². The normalized spacial score (nSPS) is 26.3. The average Bonchev–Trinajstić information content (AvgIpc) is 3.56. The van der Waals surface area contributed by atoms with Gasteiger partial charge in [0.05, 0.1) is 29.3 Å². The van der Waals surface area contributed by atoms with Crippen LogP contribution in [0.15, 0.2) is 6.07 Å². The summed E-state index contributed by atoms with van der Waals surface area (Å²) in [5, 5.41) is 10.1. The molecule has 3 atom stereocenters. The number of rotatable bonds is 6. The molecule has 1 aromatic heterocycles. The van der Waals surface area contributed by atoms with Crippen molar-refractivity contribution in [1.29, 1.82) is 0 Å². The number of anilines is 1. The monoisotopic (exact) mass is 514 g/mol. The Morgan fingerprint density at radius 2 is 1.94 bits per heavy atom. The van der Waals surface area contributed by atoms with Gasteiger partial charge in [0.15, 0.2) is 0 Å². The SMILES string of the molecule is CC[C@@H](C(=O)N1C[C@@H]2C[C@H]1CO2)N(C(=O)C1CCC(C)CC1)c1cc(C#CC(C)(C)C)sc1C(=O)O. The number of carboxylic acid groups (broad SMARTS) is 1. The molecule has 4 rings (SSSR count). The minimum Gasteiger partial charge on any atom is -0.477 e. The molecule has 1 N–H and O–H groups in total. The number of carbonyl (C=O) groups excluding carboxylic acids is 2. The fourth-order valence-electron chi connectivity index (χ4n) is 5.50. The Kier molecular flexibility index (Phi) is 7.82. The highest BCUT2D eigenvalue weighted by atomic mass is 32.1. The minimum atomic E-state index is -1.11. The van der Waals surface area contributed by atoms with Crippen molar-refractivity contribution in [2.75, 3.05) is 18.1 Å². The number of carbonyl (C=O) groups is 3. The third-order valence-corrected chi connectivity index (χ3v) is 8.52. The highest BCUT2D eigenvalue weighted by Gasteiger charge is 2.46. The van der Waals surface area contributed by atoms with Crippen LogP contribution in [0.4, 0.5) is 5.69 Å². The Morgan fingerprint density at radius 3 is 2.47 bits per heavy atom. The fourth-order valence-corrected chi connectivity index (χ4v) is 6.34. The fraction of sp³-hybridized carbons (Fsp3) is 0.679. The van der Waals surface area contributed by atoms with Gasteiger partial charge in [0, 0.05) is 17.9 Å². The lowest BCUT2D eigenvalue weighted by atomic mass is 9.82. The highest BCUT2D eigenvalue weighted by molar-refractivity contribution is 7.15. The number of hydrogen-bond acceptors (Lipinski definition) is 5. The maximum atomic E-state index is 14.1. The molecule has 1 aromatic rings. The van der Waals surface area contributed by atoms with Crippen LogP contribution in [0, 0.1) is 29.1 Å². The van der Waals surface area contributed by atoms with Crippen molar-refractivity contribution in [3.05, 3.63) is 15.8 Å². The number of fused-ring (bicyclic) bond motifs is 2. The van der Waals surface area contributed by atoms with E-state index < -0.39 is 12.0 Å². The summed E-state index contributed by atoms with van der Waals surface area (Å²) in [6, 6.07) is 0.969. The van der Waals surface area contributed by atoms with Crippen molar-refractivity contribution < 1.29 is 24.2 Å². The Balaban J connectivity index is 1.75. The predicted octanol–water partition coefficient (Wildman–Crippen LogP) is 4.78. The van der Waals surface area contributed by atoms with E-state index in [1.165, 1.54) is 4.90 Å². The third kappa shape index (κ3) is 5.63. The lowest BCUT2D eigenvalue weighted by Gasteiger charge is -2.38. The molecule has 3 fully saturated rings. The van der Waals surface area contributed by atoms with E-state index in [1.807, 2.05) is 32.6 Å². The molecular weight excluding hydrogens is 476 g/mol. The molecule has 0 aromatic carbocycles. The van der Waals surface area contributed by atoms with Gasteiger partial charge in [0.1, 0.15) is 10.9 Å². The number of likely N-dealkylation sites (tertiary alicyclic amines) is 1. The summed E-state index contributed by atoms with van der Waals surface area (Å²) < 4.78 is 5.69. The van der Waals surface area contributed by atoms with E-state index in [1.54, 1.807) is 6.07 Å². The summed E-state index contributed by atoms with van der Waals surface area (Å²) in [4.78, 5) is 44.3. The number of thiophene rings is 1. The number of carboxylic acids is 1. The molecule has 3 aliphatic rings. The molecule has 8 heteroatoms. The first-order valence-corrected chi connectivity index (χ1v) is 14.0. The maximum absolute atomic E-state index is 14.1. The first-order chi connectivity index (χ1) is 17.0. The summed E-state index contributed by atoms with van der Waals surface area (Å²) in [6.45, 7) is 11.1. The van der Waals surface area contributed by atoms with Crippen LogP contribution in [0.5, 0.6) is 0 Å². The van der Waals surface area contributed by atoms with E-state index in [0.29, 0.717) is 36.1 Å². The number of nitrogens with zero attached hydrogens (tertiary/aromatic N) is 2. The second-order valence-electron chi connectivity index (χ2n) is 11.6. The van der Waals surface area contributed by atoms with E-state index in [2.05, 4.69) is 18.8 Å². The summed E-state index contributed by atoms with van der Waals surface area (Å²) in [5.74, 6) is 5.25. The van der Waals surface area contributed by atoms with E-state index in [-0.39, 0.29) is 40.2 Å². The molecular formula is C28H38N2O5S. The Morgan fingerprint density at radius 1 is 1.25 bits per heavy atom. The average molecular weight is 515 g/mol. The summed E-state index contributed by atoms with van der Waals surface area (Å²) in [5.41, 5.74) is 0.0519. The Labute approximate surface area is 218 Å². The van der Waals surface area contributed by atoms with Crippen LogP contribution in [0.1, 0.15) is 87.7 Å². The van der Waals surface area contributed by atoms with Crippen molar-refractivity contribution in [2.24, 2.45) is 17.3 Å². The molecule has 0 spiro atoms. The molecule has 2 amide bonds. The van der Waals surface area contributed by atoms with Gasteiger partial charge in [-0.2, -0.15) is 0 Å². The van der Waals surface area contributed by atoms with Crippen molar-refractivity contribution in [3.63, 3.8) is 0 Å². The van der Waals surface area contributed by atoms with Crippen molar-refractivity contribution >= 4 is 34.8 Å². The zero-order valence-corrected chi connectivity index (χ0v) is 22.8. The van der Waals surface area contributed by atoms with Gasteiger partial charge < -0.3 is 14.7 Å². The van der Waals surface area contributed by atoms with Crippen LogP contribution in [0.2, 0.25) is 0 Å². The number of ether oxygens (including phenoxy) is 1. The van der Waals surface area contributed by atoms with Crippen LogP contribution in [0.3, 0.4) is 0 Å². The van der Waals surface area contributed by atoms with Gasteiger partial charge >= 0.3 is 5.97 Å². The van der Waals surface area contributed by atoms with Crippen molar-refractivity contribution in [1.82, 2.24) is 4.90 Å². The van der Waals surface area contributed by atoms with E-state index >= 15 is 0 Å². The largest absolute Gasteiger partial charge is 0.477 e. The first-order valence-electron chi connectivity index (χ1n) is 13.1. The van der Waals surface area contributed by atoms with E-state index in [9.17, 15) is 19.5 Å². The van der Waals surface area contributed by atoms with Gasteiger partial charge in [0.2, 0.25) is 11.8 Å². The van der Waals surface area contributed by atoms with Gasteiger partial charge in [-0.15, -0.1) is 11.3 Å². The van der Waals surface area contributed by atoms with Crippen LogP contribution in [0.25, 0.3) is 0 Å². The smallest absolute Gasteiger partial charge is 0.348 e. The molecule has 1 saturated carbocycles. The van der Waals surface area contributed by atoms with Crippen LogP contribution >= 0.6 is 11.3 Å². The predicted molar refractivity (Wildman–Crippen MR) is 140 cm³/mol. The third-order valence-electron chi connectivity index (χ3n) is 7.50. The van der Waals surface area contributed by atoms with E-state index in [4.69, 9.17) is 4.74 Å². The second kappa shape index (κ2) is 10.5. The molecule has 0 radical (unpaired) electrons. The quantitative estimate of drug-likeness (QED) is 0.552. The van der Waals surface area contributed by atoms with Gasteiger partial charge in [-0.1, -0.05) is 25.7 Å². The van der Waals surface area contributed by atoms with Crippen molar-refractivity contribution in [2.45, 2.75) is 91.3 Å². The first kappa shape index (κ1) is 26.7. The van der Waals surface area contributed by atoms with Crippen LogP contribution in [-0.4, -0.2) is 59.1 Å². The summed E-state index contributed by atoms with van der Waals surface area (Å²) in [6.07, 6.45) is 4.71. The molecule has 3 heterocycles. The molecule has 2 aliphatic heterocycles. The molecule has 36 heavy (non-hydrogen) atoms. The Bertz CT molecular complexity index is 1070. The lowest BCUT2D eigenvalue weighted by molar-refractivity contribution is -0.139. The molecule has 1 aliphatic carbocycles. The second-order valence-corrected chi connectivity index (χ2v) is 12.6. The maximum Gasteiger partial charge on any atom is 0.348 e. The molecule has 7 nitrogen and oxygen atoms in total. The number of amides is 2. The summed E-state index contributed by atoms with van der Waals surface area (Å²) >= 11 is 1.07.